The van der Waals surface area contributed by atoms with E-state index in [9.17, 15) is 9.90 Å². The second-order valence-corrected chi connectivity index (χ2v) is 7.73. The van der Waals surface area contributed by atoms with Crippen molar-refractivity contribution in [1.82, 2.24) is 14.9 Å². The maximum Gasteiger partial charge on any atom is 0.260 e. The zero-order valence-electron chi connectivity index (χ0n) is 14.6. The lowest BCUT2D eigenvalue weighted by molar-refractivity contribution is 0.166. The van der Waals surface area contributed by atoms with Gasteiger partial charge in [-0.05, 0) is 43.1 Å². The van der Waals surface area contributed by atoms with E-state index in [0.717, 1.165) is 10.4 Å². The van der Waals surface area contributed by atoms with E-state index in [1.54, 1.807) is 11.3 Å². The van der Waals surface area contributed by atoms with Gasteiger partial charge in [0.1, 0.15) is 0 Å². The van der Waals surface area contributed by atoms with Crippen LogP contribution in [0.1, 0.15) is 35.9 Å². The summed E-state index contributed by atoms with van der Waals surface area (Å²) in [6, 6.07) is 13.8. The number of hydrogen-bond acceptors (Lipinski definition) is 5. The van der Waals surface area contributed by atoms with Gasteiger partial charge in [0.2, 0.25) is 5.88 Å². The van der Waals surface area contributed by atoms with E-state index in [0.29, 0.717) is 6.54 Å². The standard InChI is InChI=1S/C19H21N3O2S2/c1-12(2)22(11-13-7-4-3-5-8-13)16(14-9-6-10-26-14)15-17(23)20-19(25)21-18(15)24/h3-10,12,16H,11H2,1-2H3,(H3,20,21,23,24,25). The summed E-state index contributed by atoms with van der Waals surface area (Å²) in [6.45, 7) is 4.81. The average molecular weight is 388 g/mol. The van der Waals surface area contributed by atoms with Crippen molar-refractivity contribution in [2.75, 3.05) is 0 Å². The van der Waals surface area contributed by atoms with E-state index < -0.39 is 0 Å². The van der Waals surface area contributed by atoms with Crippen molar-refractivity contribution in [3.63, 3.8) is 0 Å². The molecule has 0 amide bonds. The molecular weight excluding hydrogens is 366 g/mol. The summed E-state index contributed by atoms with van der Waals surface area (Å²) < 4.78 is 0.111. The molecular formula is C19H21N3O2S2. The Morgan fingerprint density at radius 3 is 2.46 bits per heavy atom. The fourth-order valence-electron chi connectivity index (χ4n) is 3.02. The van der Waals surface area contributed by atoms with Gasteiger partial charge >= 0.3 is 0 Å². The van der Waals surface area contributed by atoms with Crippen LogP contribution >= 0.6 is 23.6 Å². The molecule has 3 aromatic rings. The second kappa shape index (κ2) is 7.99. The van der Waals surface area contributed by atoms with Crippen LogP contribution in [0, 0.1) is 4.77 Å². The Hall–Kier alpha value is -2.22. The van der Waals surface area contributed by atoms with E-state index in [-0.39, 0.29) is 33.9 Å². The Bertz CT molecular complexity index is 962. The Morgan fingerprint density at radius 2 is 1.88 bits per heavy atom. The number of aromatic hydroxyl groups is 1. The summed E-state index contributed by atoms with van der Waals surface area (Å²) in [6.07, 6.45) is 0. The highest BCUT2D eigenvalue weighted by molar-refractivity contribution is 7.71. The van der Waals surface area contributed by atoms with Crippen LogP contribution in [0.4, 0.5) is 0 Å². The van der Waals surface area contributed by atoms with E-state index in [4.69, 9.17) is 12.2 Å². The van der Waals surface area contributed by atoms with E-state index in [2.05, 4.69) is 40.8 Å². The van der Waals surface area contributed by atoms with Gasteiger partial charge in [0.05, 0.1) is 11.6 Å². The molecule has 2 aromatic heterocycles. The third-order valence-corrected chi connectivity index (χ3v) is 5.38. The molecule has 0 aliphatic carbocycles. The van der Waals surface area contributed by atoms with Crippen molar-refractivity contribution in [2.24, 2.45) is 0 Å². The number of aromatic amines is 2. The Labute approximate surface area is 161 Å². The number of nitrogens with zero attached hydrogens (tertiary/aromatic N) is 1. The molecule has 5 nitrogen and oxygen atoms in total. The predicted molar refractivity (Wildman–Crippen MR) is 107 cm³/mol. The van der Waals surface area contributed by atoms with Crippen LogP contribution < -0.4 is 5.56 Å². The van der Waals surface area contributed by atoms with E-state index in [1.165, 1.54) is 0 Å². The molecule has 1 atom stereocenters. The van der Waals surface area contributed by atoms with Gasteiger partial charge in [-0.2, -0.15) is 0 Å². The Morgan fingerprint density at radius 1 is 1.15 bits per heavy atom. The molecule has 0 saturated carbocycles. The largest absolute Gasteiger partial charge is 0.494 e. The molecule has 0 bridgehead atoms. The normalized spacial score (nSPS) is 12.6. The monoisotopic (exact) mass is 387 g/mol. The number of benzene rings is 1. The molecule has 26 heavy (non-hydrogen) atoms. The zero-order valence-corrected chi connectivity index (χ0v) is 16.2. The second-order valence-electron chi connectivity index (χ2n) is 6.34. The fourth-order valence-corrected chi connectivity index (χ4v) is 4.07. The highest BCUT2D eigenvalue weighted by Crippen LogP contribution is 2.35. The minimum Gasteiger partial charge on any atom is -0.494 e. The first-order valence-corrected chi connectivity index (χ1v) is 9.64. The SMILES string of the molecule is CC(C)N(Cc1ccccc1)C(c1cccs1)c1c(O)[nH]c(=S)[nH]c1=O. The number of nitrogens with one attached hydrogen (secondary N) is 2. The van der Waals surface area contributed by atoms with Crippen molar-refractivity contribution in [2.45, 2.75) is 32.5 Å². The van der Waals surface area contributed by atoms with Crippen LogP contribution in [-0.2, 0) is 6.54 Å². The summed E-state index contributed by atoms with van der Waals surface area (Å²) >= 11 is 6.53. The summed E-state index contributed by atoms with van der Waals surface area (Å²) in [4.78, 5) is 21.1. The number of hydrogen-bond donors (Lipinski definition) is 3. The van der Waals surface area contributed by atoms with Crippen LogP contribution in [0.3, 0.4) is 0 Å². The maximum atomic E-state index is 12.7. The van der Waals surface area contributed by atoms with Crippen molar-refractivity contribution in [3.8, 4) is 5.88 Å². The minimum atomic E-state index is -0.384. The molecule has 1 unspecified atom stereocenters. The first kappa shape index (κ1) is 18.6. The van der Waals surface area contributed by atoms with Crippen LogP contribution in [-0.4, -0.2) is 26.0 Å². The first-order valence-electron chi connectivity index (χ1n) is 8.36. The molecule has 3 N–H and O–H groups in total. The lowest BCUT2D eigenvalue weighted by atomic mass is 10.0. The maximum absolute atomic E-state index is 12.7. The molecule has 0 radical (unpaired) electrons. The molecule has 136 valence electrons. The lowest BCUT2D eigenvalue weighted by Gasteiger charge is -2.34. The van der Waals surface area contributed by atoms with Crippen molar-refractivity contribution in [1.29, 1.82) is 0 Å². The molecule has 3 rings (SSSR count). The molecule has 0 fully saturated rings. The number of aromatic nitrogens is 2. The minimum absolute atomic E-state index is 0.111. The Kier molecular flexibility index (Phi) is 5.70. The van der Waals surface area contributed by atoms with E-state index in [1.807, 2.05) is 35.7 Å². The third kappa shape index (κ3) is 3.95. The fraction of sp³-hybridized carbons (Fsp3) is 0.263. The smallest absolute Gasteiger partial charge is 0.260 e. The number of H-pyrrole nitrogens is 2. The zero-order chi connectivity index (χ0) is 18.7. The highest BCUT2D eigenvalue weighted by Gasteiger charge is 2.30. The van der Waals surface area contributed by atoms with Gasteiger partial charge in [0.25, 0.3) is 5.56 Å². The summed E-state index contributed by atoms with van der Waals surface area (Å²) in [5.74, 6) is -0.184. The lowest BCUT2D eigenvalue weighted by Crippen LogP contribution is -2.37. The molecule has 0 aliphatic heterocycles. The molecule has 0 saturated heterocycles. The molecule has 0 aliphatic rings. The van der Waals surface area contributed by atoms with Gasteiger partial charge in [-0.1, -0.05) is 36.4 Å². The van der Waals surface area contributed by atoms with Gasteiger partial charge in [0.15, 0.2) is 4.77 Å². The highest BCUT2D eigenvalue weighted by atomic mass is 32.1. The van der Waals surface area contributed by atoms with E-state index >= 15 is 0 Å². The van der Waals surface area contributed by atoms with Gasteiger partial charge in [-0.3, -0.25) is 14.7 Å². The molecule has 1 aromatic carbocycles. The van der Waals surface area contributed by atoms with Gasteiger partial charge < -0.3 is 10.1 Å². The van der Waals surface area contributed by atoms with Crippen molar-refractivity contribution >= 4 is 23.6 Å². The van der Waals surface area contributed by atoms with Crippen LogP contribution in [0.15, 0.2) is 52.6 Å². The van der Waals surface area contributed by atoms with Gasteiger partial charge in [-0.15, -0.1) is 11.3 Å². The molecule has 0 spiro atoms. The third-order valence-electron chi connectivity index (χ3n) is 4.25. The van der Waals surface area contributed by atoms with Crippen molar-refractivity contribution < 1.29 is 5.11 Å². The average Bonchev–Trinajstić information content (AvgIpc) is 3.11. The molecule has 2 heterocycles. The summed E-state index contributed by atoms with van der Waals surface area (Å²) in [5.41, 5.74) is 1.05. The first-order chi connectivity index (χ1) is 12.5. The van der Waals surface area contributed by atoms with Gasteiger partial charge in [0, 0.05) is 17.5 Å². The molecule has 7 heteroatoms. The Balaban J connectivity index is 2.14. The number of thiophene rings is 1. The van der Waals surface area contributed by atoms with Gasteiger partial charge in [-0.25, -0.2) is 0 Å². The van der Waals surface area contributed by atoms with Crippen LogP contribution in [0.25, 0.3) is 0 Å². The predicted octanol–water partition coefficient (Wildman–Crippen LogP) is 4.20. The van der Waals surface area contributed by atoms with Crippen molar-refractivity contribution in [3.05, 3.63) is 79.0 Å². The summed E-state index contributed by atoms with van der Waals surface area (Å²) in [7, 11) is 0. The van der Waals surface area contributed by atoms with Crippen LogP contribution in [0.2, 0.25) is 0 Å². The quantitative estimate of drug-likeness (QED) is 0.554. The number of rotatable bonds is 6. The topological polar surface area (TPSA) is 72.1 Å². The van der Waals surface area contributed by atoms with Crippen LogP contribution in [0.5, 0.6) is 5.88 Å². The summed E-state index contributed by atoms with van der Waals surface area (Å²) in [5, 5.41) is 12.4.